The third-order valence-electron chi connectivity index (χ3n) is 1.86. The number of benzene rings is 1. The molecule has 0 atom stereocenters. The lowest BCUT2D eigenvalue weighted by Crippen LogP contribution is -2.29. The van der Waals surface area contributed by atoms with Gasteiger partial charge in [-0.25, -0.2) is 0 Å². The maximum atomic E-state index is 11.1. The third-order valence-corrected chi connectivity index (χ3v) is 1.86. The average Bonchev–Trinajstić information content (AvgIpc) is 2.18. The SMILES string of the molecule is CCCC(=O)Oc1ccc(B(O)O)cc1. The standard InChI is InChI=1S/C10H13BO4/c1-2-3-10(12)15-9-6-4-8(5-7-9)11(13)14/h4-7,13-14H,2-3H2,1H3. The van der Waals surface area contributed by atoms with Crippen molar-refractivity contribution in [3.63, 3.8) is 0 Å². The quantitative estimate of drug-likeness (QED) is 0.417. The molecule has 4 nitrogen and oxygen atoms in total. The van der Waals surface area contributed by atoms with Crippen LogP contribution in [0.5, 0.6) is 5.75 Å². The van der Waals surface area contributed by atoms with Crippen molar-refractivity contribution >= 4 is 18.6 Å². The van der Waals surface area contributed by atoms with Crippen LogP contribution in [0.1, 0.15) is 19.8 Å². The summed E-state index contributed by atoms with van der Waals surface area (Å²) in [5.74, 6) is 0.132. The lowest BCUT2D eigenvalue weighted by atomic mass is 9.80. The van der Waals surface area contributed by atoms with Gasteiger partial charge in [0, 0.05) is 6.42 Å². The van der Waals surface area contributed by atoms with Crippen molar-refractivity contribution in [2.75, 3.05) is 0 Å². The van der Waals surface area contributed by atoms with Crippen molar-refractivity contribution in [2.24, 2.45) is 0 Å². The van der Waals surface area contributed by atoms with E-state index in [9.17, 15) is 4.79 Å². The van der Waals surface area contributed by atoms with Gasteiger partial charge in [-0.3, -0.25) is 4.79 Å². The maximum Gasteiger partial charge on any atom is 0.488 e. The molecule has 0 spiro atoms. The van der Waals surface area contributed by atoms with Crippen LogP contribution in [0, 0.1) is 0 Å². The summed E-state index contributed by atoms with van der Waals surface area (Å²) in [7, 11) is -1.50. The van der Waals surface area contributed by atoms with Crippen LogP contribution in [0.15, 0.2) is 24.3 Å². The minimum atomic E-state index is -1.50. The zero-order valence-electron chi connectivity index (χ0n) is 8.51. The van der Waals surface area contributed by atoms with E-state index in [1.807, 2.05) is 6.92 Å². The van der Waals surface area contributed by atoms with Crippen LogP contribution in [-0.2, 0) is 4.79 Å². The van der Waals surface area contributed by atoms with Gasteiger partial charge in [-0.15, -0.1) is 0 Å². The van der Waals surface area contributed by atoms with Gasteiger partial charge in [0.1, 0.15) is 5.75 Å². The van der Waals surface area contributed by atoms with Gasteiger partial charge in [0.25, 0.3) is 0 Å². The number of esters is 1. The number of hydrogen-bond acceptors (Lipinski definition) is 4. The Morgan fingerprint density at radius 2 is 1.93 bits per heavy atom. The van der Waals surface area contributed by atoms with Gasteiger partial charge in [-0.2, -0.15) is 0 Å². The number of rotatable bonds is 4. The Kier molecular flexibility index (Phi) is 4.33. The molecule has 0 unspecified atom stereocenters. The van der Waals surface area contributed by atoms with Gasteiger partial charge < -0.3 is 14.8 Å². The first-order valence-corrected chi connectivity index (χ1v) is 4.80. The van der Waals surface area contributed by atoms with Gasteiger partial charge in [0.2, 0.25) is 0 Å². The molecule has 15 heavy (non-hydrogen) atoms. The van der Waals surface area contributed by atoms with Gasteiger partial charge in [0.15, 0.2) is 0 Å². The summed E-state index contributed by atoms with van der Waals surface area (Å²) >= 11 is 0. The molecule has 0 aromatic heterocycles. The van der Waals surface area contributed by atoms with Crippen molar-refractivity contribution < 1.29 is 19.6 Å². The van der Waals surface area contributed by atoms with Gasteiger partial charge in [-0.05, 0) is 24.0 Å². The van der Waals surface area contributed by atoms with Crippen LogP contribution in [0.2, 0.25) is 0 Å². The Hall–Kier alpha value is -1.33. The third kappa shape index (κ3) is 3.73. The highest BCUT2D eigenvalue weighted by Gasteiger charge is 2.10. The second-order valence-corrected chi connectivity index (χ2v) is 3.17. The highest BCUT2D eigenvalue weighted by atomic mass is 16.5. The summed E-state index contributed by atoms with van der Waals surface area (Å²) < 4.78 is 4.99. The lowest BCUT2D eigenvalue weighted by molar-refractivity contribution is -0.134. The summed E-state index contributed by atoms with van der Waals surface area (Å²) in [6.07, 6.45) is 1.12. The van der Waals surface area contributed by atoms with E-state index in [2.05, 4.69) is 0 Å². The van der Waals surface area contributed by atoms with Crippen LogP contribution < -0.4 is 10.2 Å². The Labute approximate surface area is 88.6 Å². The van der Waals surface area contributed by atoms with Crippen LogP contribution in [-0.4, -0.2) is 23.1 Å². The first-order chi connectivity index (χ1) is 7.13. The van der Waals surface area contributed by atoms with E-state index in [1.54, 1.807) is 0 Å². The number of ether oxygens (including phenoxy) is 1. The summed E-state index contributed by atoms with van der Waals surface area (Å²) in [6.45, 7) is 1.90. The lowest BCUT2D eigenvalue weighted by Gasteiger charge is -2.04. The van der Waals surface area contributed by atoms with Crippen molar-refractivity contribution in [2.45, 2.75) is 19.8 Å². The first-order valence-electron chi connectivity index (χ1n) is 4.80. The fourth-order valence-electron chi connectivity index (χ4n) is 1.09. The molecule has 80 valence electrons. The van der Waals surface area contributed by atoms with E-state index >= 15 is 0 Å². The Balaban J connectivity index is 2.60. The topological polar surface area (TPSA) is 66.8 Å². The van der Waals surface area contributed by atoms with Crippen LogP contribution in [0.25, 0.3) is 0 Å². The second-order valence-electron chi connectivity index (χ2n) is 3.17. The molecular weight excluding hydrogens is 195 g/mol. The number of hydrogen-bond donors (Lipinski definition) is 2. The molecule has 1 aromatic carbocycles. The maximum absolute atomic E-state index is 11.1. The van der Waals surface area contributed by atoms with Gasteiger partial charge in [0.05, 0.1) is 0 Å². The van der Waals surface area contributed by atoms with E-state index in [1.165, 1.54) is 24.3 Å². The minimum Gasteiger partial charge on any atom is -0.427 e. The van der Waals surface area contributed by atoms with E-state index < -0.39 is 7.12 Å². The van der Waals surface area contributed by atoms with Crippen LogP contribution in [0.3, 0.4) is 0 Å². The predicted octanol–water partition coefficient (Wildman–Crippen LogP) is 0.0719. The van der Waals surface area contributed by atoms with Gasteiger partial charge in [-0.1, -0.05) is 19.1 Å². The Morgan fingerprint density at radius 3 is 2.40 bits per heavy atom. The molecule has 2 N–H and O–H groups in total. The molecule has 0 aliphatic rings. The van der Waals surface area contributed by atoms with E-state index in [0.29, 0.717) is 17.6 Å². The Bertz CT molecular complexity index is 321. The number of carbonyl (C=O) groups is 1. The van der Waals surface area contributed by atoms with Crippen LogP contribution >= 0.6 is 0 Å². The van der Waals surface area contributed by atoms with Gasteiger partial charge >= 0.3 is 13.1 Å². The molecule has 0 aliphatic heterocycles. The van der Waals surface area contributed by atoms with E-state index in [4.69, 9.17) is 14.8 Å². The van der Waals surface area contributed by atoms with E-state index in [-0.39, 0.29) is 5.97 Å². The molecule has 0 radical (unpaired) electrons. The normalized spacial score (nSPS) is 9.80. The van der Waals surface area contributed by atoms with E-state index in [0.717, 1.165) is 6.42 Å². The molecule has 0 heterocycles. The number of carbonyl (C=O) groups excluding carboxylic acids is 1. The fraction of sp³-hybridized carbons (Fsp3) is 0.300. The summed E-state index contributed by atoms with van der Waals surface area (Å²) in [6, 6.07) is 6.06. The highest BCUT2D eigenvalue weighted by Crippen LogP contribution is 2.09. The molecule has 0 bridgehead atoms. The molecule has 0 aliphatic carbocycles. The van der Waals surface area contributed by atoms with Crippen molar-refractivity contribution in [1.29, 1.82) is 0 Å². The largest absolute Gasteiger partial charge is 0.488 e. The molecule has 5 heteroatoms. The second kappa shape index (κ2) is 5.53. The smallest absolute Gasteiger partial charge is 0.427 e. The van der Waals surface area contributed by atoms with Crippen LogP contribution in [0.4, 0.5) is 0 Å². The minimum absolute atomic E-state index is 0.283. The molecule has 0 saturated heterocycles. The highest BCUT2D eigenvalue weighted by molar-refractivity contribution is 6.58. The predicted molar refractivity (Wildman–Crippen MR) is 56.8 cm³/mol. The fourth-order valence-corrected chi connectivity index (χ4v) is 1.09. The zero-order valence-corrected chi connectivity index (χ0v) is 8.51. The summed E-state index contributed by atoms with van der Waals surface area (Å²) in [5, 5.41) is 17.7. The average molecular weight is 208 g/mol. The van der Waals surface area contributed by atoms with Crippen molar-refractivity contribution in [3.05, 3.63) is 24.3 Å². The Morgan fingerprint density at radius 1 is 1.33 bits per heavy atom. The molecule has 0 amide bonds. The molecule has 1 rings (SSSR count). The van der Waals surface area contributed by atoms with Crippen molar-refractivity contribution in [1.82, 2.24) is 0 Å². The summed E-state index contributed by atoms with van der Waals surface area (Å²) in [4.78, 5) is 11.1. The molecule has 0 saturated carbocycles. The molecule has 0 fully saturated rings. The summed E-state index contributed by atoms with van der Waals surface area (Å²) in [5.41, 5.74) is 0.366. The first kappa shape index (κ1) is 11.7. The zero-order chi connectivity index (χ0) is 11.3. The molecular formula is C10H13BO4. The van der Waals surface area contributed by atoms with Crippen molar-refractivity contribution in [3.8, 4) is 5.75 Å². The molecule has 1 aromatic rings. The monoisotopic (exact) mass is 208 g/mol.